The van der Waals surface area contributed by atoms with E-state index in [0.29, 0.717) is 0 Å². The van der Waals surface area contributed by atoms with Crippen molar-refractivity contribution in [2.75, 3.05) is 6.61 Å². The van der Waals surface area contributed by atoms with E-state index in [0.717, 1.165) is 24.3 Å². The van der Waals surface area contributed by atoms with Gasteiger partial charge in [0.1, 0.15) is 5.75 Å². The van der Waals surface area contributed by atoms with Gasteiger partial charge in [0.05, 0.1) is 0 Å². The predicted molar refractivity (Wildman–Crippen MR) is 72.6 cm³/mol. The van der Waals surface area contributed by atoms with Crippen molar-refractivity contribution in [1.29, 1.82) is 0 Å². The van der Waals surface area contributed by atoms with Crippen LogP contribution in [-0.2, 0) is 0 Å². The zero-order valence-electron chi connectivity index (χ0n) is 14.6. The van der Waals surface area contributed by atoms with E-state index in [2.05, 4.69) is 4.74 Å². The van der Waals surface area contributed by atoms with E-state index in [-0.39, 0.29) is 0 Å². The van der Waals surface area contributed by atoms with Gasteiger partial charge in [-0.15, -0.1) is 0 Å². The first-order valence-electron chi connectivity index (χ1n) is 7.63. The Morgan fingerprint density at radius 1 is 0.562 bits per heavy atom. The molecular formula is C15H8F16O. The van der Waals surface area contributed by atoms with Crippen LogP contribution in [-0.4, -0.2) is 54.5 Å². The van der Waals surface area contributed by atoms with Crippen molar-refractivity contribution in [1.82, 2.24) is 0 Å². The van der Waals surface area contributed by atoms with E-state index in [9.17, 15) is 70.2 Å². The van der Waals surface area contributed by atoms with Crippen LogP contribution in [0.2, 0.25) is 0 Å². The molecule has 0 bridgehead atoms. The summed E-state index contributed by atoms with van der Waals surface area (Å²) >= 11 is 0. The highest BCUT2D eigenvalue weighted by atomic mass is 19.4. The molecule has 0 heterocycles. The lowest BCUT2D eigenvalue weighted by Gasteiger charge is -2.42. The minimum Gasteiger partial charge on any atom is -0.487 e. The smallest absolute Gasteiger partial charge is 0.385 e. The molecule has 0 saturated heterocycles. The molecule has 0 atom stereocenters. The molecule has 1 rings (SSSR count). The van der Waals surface area contributed by atoms with Crippen LogP contribution in [0.5, 0.6) is 5.75 Å². The number of para-hydroxylation sites is 1. The van der Waals surface area contributed by atoms with E-state index in [1.807, 2.05) is 0 Å². The van der Waals surface area contributed by atoms with Crippen LogP contribution >= 0.6 is 0 Å². The van der Waals surface area contributed by atoms with Gasteiger partial charge in [0.2, 0.25) is 0 Å². The number of alkyl halides is 16. The Morgan fingerprint density at radius 3 is 1.34 bits per heavy atom. The molecule has 17 heteroatoms. The average Bonchev–Trinajstić information content (AvgIpc) is 2.66. The Kier molecular flexibility index (Phi) is 7.02. The molecular weight excluding hydrogens is 500 g/mol. The van der Waals surface area contributed by atoms with Crippen LogP contribution < -0.4 is 4.74 Å². The maximum Gasteiger partial charge on any atom is 0.385 e. The highest BCUT2D eigenvalue weighted by Crippen LogP contribution is 2.62. The second-order valence-corrected chi connectivity index (χ2v) is 6.10. The van der Waals surface area contributed by atoms with Crippen molar-refractivity contribution in [2.45, 2.75) is 47.9 Å². The van der Waals surface area contributed by atoms with Gasteiger partial charge in [-0.1, -0.05) is 18.2 Å². The molecule has 0 radical (unpaired) electrons. The molecule has 0 aliphatic rings. The van der Waals surface area contributed by atoms with Gasteiger partial charge in [0.15, 0.2) is 6.61 Å². The summed E-state index contributed by atoms with van der Waals surface area (Å²) in [7, 11) is 0. The minimum atomic E-state index is -8.40. The first-order valence-corrected chi connectivity index (χ1v) is 7.63. The lowest BCUT2D eigenvalue weighted by Crippen LogP contribution is -2.74. The summed E-state index contributed by atoms with van der Waals surface area (Å²) in [5, 5.41) is 0. The zero-order valence-corrected chi connectivity index (χ0v) is 14.6. The molecule has 186 valence electrons. The normalized spacial score (nSPS) is 15.3. The summed E-state index contributed by atoms with van der Waals surface area (Å²) in [4.78, 5) is 0. The quantitative estimate of drug-likeness (QED) is 0.317. The molecule has 0 unspecified atom stereocenters. The second-order valence-electron chi connectivity index (χ2n) is 6.10. The summed E-state index contributed by atoms with van der Waals surface area (Å²) in [5.74, 6) is -55.4. The topological polar surface area (TPSA) is 9.23 Å². The zero-order chi connectivity index (χ0) is 25.6. The van der Waals surface area contributed by atoms with Crippen molar-refractivity contribution in [2.24, 2.45) is 0 Å². The third kappa shape index (κ3) is 3.91. The second kappa shape index (κ2) is 8.04. The van der Waals surface area contributed by atoms with E-state index in [1.54, 1.807) is 0 Å². The molecule has 0 spiro atoms. The van der Waals surface area contributed by atoms with E-state index < -0.39 is 60.2 Å². The van der Waals surface area contributed by atoms with Gasteiger partial charge in [-0.2, -0.15) is 61.5 Å². The van der Waals surface area contributed by atoms with E-state index in [1.165, 1.54) is 6.07 Å². The van der Waals surface area contributed by atoms with E-state index >= 15 is 0 Å². The SMILES string of the molecule is FC(F)C(F)(F)C(F)(F)C(F)(F)C(F)(F)C(F)(F)C(F)(F)C(F)(F)COc1ccccc1. The van der Waals surface area contributed by atoms with Gasteiger partial charge in [-0.3, -0.25) is 0 Å². The number of hydrogen-bond acceptors (Lipinski definition) is 1. The fraction of sp³-hybridized carbons (Fsp3) is 0.600. The Bertz CT molecular complexity index is 773. The third-order valence-electron chi connectivity index (χ3n) is 3.89. The van der Waals surface area contributed by atoms with Crippen LogP contribution in [0.15, 0.2) is 30.3 Å². The van der Waals surface area contributed by atoms with Crippen LogP contribution in [0, 0.1) is 0 Å². The van der Waals surface area contributed by atoms with Gasteiger partial charge < -0.3 is 4.74 Å². The molecule has 0 fully saturated rings. The molecule has 1 aromatic rings. The standard InChI is InChI=1S/C15H8F16O/c16-8(17)10(20,21)12(24,25)14(28,29)15(30,31)13(26,27)11(22,23)9(18,19)6-32-7-4-2-1-3-5-7/h1-5,8H,6H2. The fourth-order valence-corrected chi connectivity index (χ4v) is 1.95. The molecule has 0 aliphatic carbocycles. The number of benzene rings is 1. The summed E-state index contributed by atoms with van der Waals surface area (Å²) in [6.45, 7) is -2.90. The molecule has 1 aromatic carbocycles. The van der Waals surface area contributed by atoms with Crippen LogP contribution in [0.4, 0.5) is 70.2 Å². The number of hydrogen-bond donors (Lipinski definition) is 0. The maximum absolute atomic E-state index is 13.6. The highest BCUT2D eigenvalue weighted by Gasteiger charge is 2.93. The summed E-state index contributed by atoms with van der Waals surface area (Å²) in [5.41, 5.74) is 0. The van der Waals surface area contributed by atoms with Crippen molar-refractivity contribution in [3.63, 3.8) is 0 Å². The summed E-state index contributed by atoms with van der Waals surface area (Å²) in [6, 6.07) is 4.80. The van der Waals surface area contributed by atoms with Crippen molar-refractivity contribution in [3.8, 4) is 5.75 Å². The van der Waals surface area contributed by atoms with Crippen molar-refractivity contribution in [3.05, 3.63) is 30.3 Å². The minimum absolute atomic E-state index is 0.744. The first-order chi connectivity index (χ1) is 14.0. The van der Waals surface area contributed by atoms with Crippen LogP contribution in [0.3, 0.4) is 0 Å². The fourth-order valence-electron chi connectivity index (χ4n) is 1.95. The van der Waals surface area contributed by atoms with Crippen LogP contribution in [0.25, 0.3) is 0 Å². The number of halogens is 16. The van der Waals surface area contributed by atoms with Gasteiger partial charge >= 0.3 is 47.9 Å². The largest absolute Gasteiger partial charge is 0.487 e. The summed E-state index contributed by atoms with van der Waals surface area (Å²) < 4.78 is 214. The van der Waals surface area contributed by atoms with Gasteiger partial charge in [-0.05, 0) is 12.1 Å². The number of ether oxygens (including phenoxy) is 1. The molecule has 32 heavy (non-hydrogen) atoms. The molecule has 0 amide bonds. The Hall–Kier alpha value is -2.10. The molecule has 0 N–H and O–H groups in total. The Labute approximate surface area is 166 Å². The lowest BCUT2D eigenvalue weighted by atomic mass is 9.89. The van der Waals surface area contributed by atoms with Crippen molar-refractivity contribution >= 4 is 0 Å². The Morgan fingerprint density at radius 2 is 0.938 bits per heavy atom. The van der Waals surface area contributed by atoms with E-state index in [4.69, 9.17) is 0 Å². The van der Waals surface area contributed by atoms with Gasteiger partial charge in [0, 0.05) is 0 Å². The van der Waals surface area contributed by atoms with Gasteiger partial charge in [-0.25, -0.2) is 8.78 Å². The van der Waals surface area contributed by atoms with Gasteiger partial charge in [0.25, 0.3) is 0 Å². The molecule has 0 saturated carbocycles. The molecule has 0 aromatic heterocycles. The first kappa shape index (κ1) is 27.9. The highest BCUT2D eigenvalue weighted by molar-refractivity contribution is 5.21. The average molecular weight is 508 g/mol. The lowest BCUT2D eigenvalue weighted by molar-refractivity contribution is -0.447. The van der Waals surface area contributed by atoms with Crippen LogP contribution in [0.1, 0.15) is 0 Å². The molecule has 1 nitrogen and oxygen atoms in total. The summed E-state index contributed by atoms with van der Waals surface area (Å²) in [6.07, 6.45) is -5.87. The number of rotatable bonds is 10. The monoisotopic (exact) mass is 508 g/mol. The maximum atomic E-state index is 13.6. The van der Waals surface area contributed by atoms with Crippen molar-refractivity contribution < 1.29 is 75.0 Å². The predicted octanol–water partition coefficient (Wildman–Crippen LogP) is 6.78. The molecule has 0 aliphatic heterocycles. The third-order valence-corrected chi connectivity index (χ3v) is 3.89. The Balaban J connectivity index is 3.42.